The van der Waals surface area contributed by atoms with Crippen molar-refractivity contribution in [3.05, 3.63) is 54.1 Å². The maximum absolute atomic E-state index is 12.8. The highest BCUT2D eigenvalue weighted by Gasteiger charge is 2.32. The van der Waals surface area contributed by atoms with Gasteiger partial charge in [0, 0.05) is 26.2 Å². The van der Waals surface area contributed by atoms with Crippen molar-refractivity contribution >= 4 is 26.0 Å². The molecule has 0 bridgehead atoms. The number of aryl methyl sites for hydroxylation is 1. The van der Waals surface area contributed by atoms with Gasteiger partial charge in [0.1, 0.15) is 5.75 Å². The van der Waals surface area contributed by atoms with E-state index in [2.05, 4.69) is 4.72 Å². The minimum atomic E-state index is -3.90. The van der Waals surface area contributed by atoms with E-state index >= 15 is 0 Å². The van der Waals surface area contributed by atoms with Gasteiger partial charge >= 0.3 is 0 Å². The Bertz CT molecular complexity index is 1160. The number of hydrogen-bond donors (Lipinski definition) is 1. The molecule has 1 N–H and O–H groups in total. The number of piperazine rings is 1. The molecule has 1 aliphatic heterocycles. The van der Waals surface area contributed by atoms with E-state index in [0.29, 0.717) is 5.75 Å². The van der Waals surface area contributed by atoms with Crippen LogP contribution in [0.5, 0.6) is 5.75 Å². The zero-order chi connectivity index (χ0) is 23.5. The summed E-state index contributed by atoms with van der Waals surface area (Å²) in [5, 5.41) is 0. The van der Waals surface area contributed by atoms with Crippen molar-refractivity contribution in [2.45, 2.75) is 29.7 Å². The first-order valence-corrected chi connectivity index (χ1v) is 13.0. The third-order valence-electron chi connectivity index (χ3n) is 5.28. The third-order valence-corrected chi connectivity index (χ3v) is 8.75. The molecule has 32 heavy (non-hydrogen) atoms. The Morgan fingerprint density at radius 1 is 0.906 bits per heavy atom. The Labute approximate surface area is 189 Å². The molecule has 11 heteroatoms. The summed E-state index contributed by atoms with van der Waals surface area (Å²) in [6.07, 6.45) is 0. The topological polar surface area (TPSA) is 113 Å². The van der Waals surface area contributed by atoms with E-state index in [4.69, 9.17) is 4.74 Å². The molecule has 2 aromatic carbocycles. The fourth-order valence-corrected chi connectivity index (χ4v) is 6.01. The minimum absolute atomic E-state index is 0.0203. The molecule has 0 saturated carbocycles. The van der Waals surface area contributed by atoms with Crippen molar-refractivity contribution in [2.75, 3.05) is 33.3 Å². The molecule has 1 atom stereocenters. The second kappa shape index (κ2) is 9.57. The van der Waals surface area contributed by atoms with Crippen molar-refractivity contribution in [1.82, 2.24) is 13.9 Å². The Hall–Kier alpha value is -2.47. The molecule has 0 spiro atoms. The summed E-state index contributed by atoms with van der Waals surface area (Å²) >= 11 is 0. The molecule has 174 valence electrons. The first-order chi connectivity index (χ1) is 15.0. The zero-order valence-corrected chi connectivity index (χ0v) is 19.8. The van der Waals surface area contributed by atoms with Crippen LogP contribution in [0.3, 0.4) is 0 Å². The summed E-state index contributed by atoms with van der Waals surface area (Å²) < 4.78 is 59.6. The Kier molecular flexibility index (Phi) is 7.23. The minimum Gasteiger partial charge on any atom is -0.497 e. The predicted octanol–water partition coefficient (Wildman–Crippen LogP) is 1.20. The van der Waals surface area contributed by atoms with E-state index in [1.54, 1.807) is 24.3 Å². The Morgan fingerprint density at radius 3 is 1.97 bits per heavy atom. The lowest BCUT2D eigenvalue weighted by Gasteiger charge is -2.35. The fourth-order valence-electron chi connectivity index (χ4n) is 3.39. The van der Waals surface area contributed by atoms with Crippen molar-refractivity contribution in [3.63, 3.8) is 0 Å². The van der Waals surface area contributed by atoms with E-state index in [-0.39, 0.29) is 36.0 Å². The van der Waals surface area contributed by atoms with Crippen LogP contribution < -0.4 is 9.46 Å². The molecule has 1 heterocycles. The SMILES string of the molecule is COc1ccc(S(=O)(=O)N[C@@H](C)C(=O)N2CCN(S(=O)(=O)c3ccc(C)cc3)CC2)cc1. The molecule has 9 nitrogen and oxygen atoms in total. The molecule has 0 aromatic heterocycles. The van der Waals surface area contributed by atoms with Gasteiger partial charge in [0.05, 0.1) is 22.9 Å². The second-order valence-corrected chi connectivity index (χ2v) is 11.2. The van der Waals surface area contributed by atoms with Crippen LogP contribution >= 0.6 is 0 Å². The number of hydrogen-bond acceptors (Lipinski definition) is 6. The second-order valence-electron chi connectivity index (χ2n) is 7.56. The molecule has 1 amide bonds. The van der Waals surface area contributed by atoms with Gasteiger partial charge in [0.15, 0.2) is 0 Å². The normalized spacial score (nSPS) is 16.5. The summed E-state index contributed by atoms with van der Waals surface area (Å²) in [5.74, 6) is 0.112. The summed E-state index contributed by atoms with van der Waals surface area (Å²) in [5.41, 5.74) is 0.963. The van der Waals surface area contributed by atoms with Gasteiger partial charge in [-0.25, -0.2) is 16.8 Å². The van der Waals surface area contributed by atoms with E-state index in [9.17, 15) is 21.6 Å². The first kappa shape index (κ1) is 24.2. The van der Waals surface area contributed by atoms with Crippen LogP contribution in [-0.4, -0.2) is 71.3 Å². The smallest absolute Gasteiger partial charge is 0.243 e. The Balaban J connectivity index is 1.61. The highest BCUT2D eigenvalue weighted by molar-refractivity contribution is 7.89. The highest BCUT2D eigenvalue weighted by atomic mass is 32.2. The molecule has 0 radical (unpaired) electrons. The Morgan fingerprint density at radius 2 is 1.44 bits per heavy atom. The van der Waals surface area contributed by atoms with Gasteiger partial charge in [0.25, 0.3) is 0 Å². The van der Waals surface area contributed by atoms with Crippen molar-refractivity contribution in [3.8, 4) is 5.75 Å². The summed E-state index contributed by atoms with van der Waals surface area (Å²) in [6.45, 7) is 3.99. The third kappa shape index (κ3) is 5.29. The van der Waals surface area contributed by atoms with Crippen LogP contribution in [0.2, 0.25) is 0 Å². The fraction of sp³-hybridized carbons (Fsp3) is 0.381. The van der Waals surface area contributed by atoms with Crippen LogP contribution in [-0.2, 0) is 24.8 Å². The van der Waals surface area contributed by atoms with Gasteiger partial charge in [-0.2, -0.15) is 9.03 Å². The number of nitrogens with zero attached hydrogens (tertiary/aromatic N) is 2. The number of carbonyl (C=O) groups is 1. The van der Waals surface area contributed by atoms with Crippen LogP contribution in [0.4, 0.5) is 0 Å². The largest absolute Gasteiger partial charge is 0.497 e. The first-order valence-electron chi connectivity index (χ1n) is 10.1. The number of sulfonamides is 2. The quantitative estimate of drug-likeness (QED) is 0.636. The van der Waals surface area contributed by atoms with E-state index in [1.807, 2.05) is 6.92 Å². The molecular weight excluding hydrogens is 454 g/mol. The number of carbonyl (C=O) groups excluding carboxylic acids is 1. The average molecular weight is 482 g/mol. The van der Waals surface area contributed by atoms with Gasteiger partial charge in [-0.05, 0) is 50.2 Å². The van der Waals surface area contributed by atoms with Gasteiger partial charge in [-0.3, -0.25) is 4.79 Å². The molecular formula is C21H27N3O6S2. The maximum Gasteiger partial charge on any atom is 0.243 e. The number of ether oxygens (including phenoxy) is 1. The summed E-state index contributed by atoms with van der Waals surface area (Å²) in [7, 11) is -6.07. The van der Waals surface area contributed by atoms with Gasteiger partial charge in [-0.1, -0.05) is 17.7 Å². The van der Waals surface area contributed by atoms with Crippen molar-refractivity contribution < 1.29 is 26.4 Å². The van der Waals surface area contributed by atoms with E-state index in [0.717, 1.165) is 5.56 Å². The number of amides is 1. The highest BCUT2D eigenvalue weighted by Crippen LogP contribution is 2.19. The molecule has 0 aliphatic carbocycles. The summed E-state index contributed by atoms with van der Waals surface area (Å²) in [4.78, 5) is 14.5. The molecule has 3 rings (SSSR count). The number of methoxy groups -OCH3 is 1. The monoisotopic (exact) mass is 481 g/mol. The van der Waals surface area contributed by atoms with E-state index in [1.165, 1.54) is 47.5 Å². The lowest BCUT2D eigenvalue weighted by atomic mass is 10.2. The van der Waals surface area contributed by atoms with Gasteiger partial charge in [0.2, 0.25) is 26.0 Å². The molecule has 0 unspecified atom stereocenters. The zero-order valence-electron chi connectivity index (χ0n) is 18.2. The average Bonchev–Trinajstić information content (AvgIpc) is 2.78. The van der Waals surface area contributed by atoms with Crippen molar-refractivity contribution in [2.24, 2.45) is 0 Å². The van der Waals surface area contributed by atoms with Crippen LogP contribution in [0.15, 0.2) is 58.3 Å². The lowest BCUT2D eigenvalue weighted by molar-refractivity contribution is -0.133. The van der Waals surface area contributed by atoms with Crippen LogP contribution in [0, 0.1) is 6.92 Å². The van der Waals surface area contributed by atoms with Gasteiger partial charge < -0.3 is 9.64 Å². The predicted molar refractivity (Wildman–Crippen MR) is 119 cm³/mol. The number of benzene rings is 2. The van der Waals surface area contributed by atoms with Crippen molar-refractivity contribution in [1.29, 1.82) is 0 Å². The summed E-state index contributed by atoms with van der Waals surface area (Å²) in [6, 6.07) is 11.5. The molecule has 1 saturated heterocycles. The van der Waals surface area contributed by atoms with E-state index < -0.39 is 32.0 Å². The number of rotatable bonds is 7. The van der Waals surface area contributed by atoms with Crippen LogP contribution in [0.25, 0.3) is 0 Å². The molecule has 1 aliphatic rings. The molecule has 1 fully saturated rings. The molecule has 2 aromatic rings. The standard InChI is InChI=1S/C21H27N3O6S2/c1-16-4-8-20(9-5-16)32(28,29)24-14-12-23(13-15-24)21(25)17(2)22-31(26,27)19-10-6-18(30-3)7-11-19/h4-11,17,22H,12-15H2,1-3H3/t17-/m0/s1. The lowest BCUT2D eigenvalue weighted by Crippen LogP contribution is -2.55. The maximum atomic E-state index is 12.8. The van der Waals surface area contributed by atoms with Crippen LogP contribution in [0.1, 0.15) is 12.5 Å². The number of nitrogens with one attached hydrogen (secondary N) is 1. The van der Waals surface area contributed by atoms with Gasteiger partial charge in [-0.15, -0.1) is 0 Å².